The van der Waals surface area contributed by atoms with E-state index in [1.807, 2.05) is 42.3 Å². The molecule has 0 fully saturated rings. The van der Waals surface area contributed by atoms with Crippen molar-refractivity contribution in [1.29, 1.82) is 0 Å². The van der Waals surface area contributed by atoms with Gasteiger partial charge >= 0.3 is 0 Å². The van der Waals surface area contributed by atoms with Gasteiger partial charge in [-0.2, -0.15) is 0 Å². The lowest BCUT2D eigenvalue weighted by Crippen LogP contribution is -2.21. The molecular formula is C22H23N5O2. The van der Waals surface area contributed by atoms with Gasteiger partial charge in [-0.15, -0.1) is 0 Å². The van der Waals surface area contributed by atoms with Crippen molar-refractivity contribution in [2.75, 3.05) is 22.6 Å². The topological polar surface area (TPSA) is 87.2 Å². The summed E-state index contributed by atoms with van der Waals surface area (Å²) in [6.07, 6.45) is 0. The molecule has 0 aliphatic heterocycles. The second kappa shape index (κ2) is 8.97. The van der Waals surface area contributed by atoms with Gasteiger partial charge in [-0.3, -0.25) is 9.59 Å². The molecule has 3 rings (SSSR count). The first-order chi connectivity index (χ1) is 13.9. The van der Waals surface area contributed by atoms with E-state index in [9.17, 15) is 9.59 Å². The molecule has 3 aromatic rings. The van der Waals surface area contributed by atoms with E-state index in [1.54, 1.807) is 37.3 Å². The zero-order valence-electron chi connectivity index (χ0n) is 16.6. The molecule has 7 nitrogen and oxygen atoms in total. The van der Waals surface area contributed by atoms with Crippen molar-refractivity contribution >= 4 is 29.0 Å². The zero-order valence-corrected chi connectivity index (χ0v) is 16.6. The molecule has 29 heavy (non-hydrogen) atoms. The summed E-state index contributed by atoms with van der Waals surface area (Å²) in [6, 6.07) is 18.7. The SMILES string of the molecule is CC(=O)Nc1cccc(NC(=O)c2cc(N(C)Cc3ccccc3)nc(C)n2)c1. The van der Waals surface area contributed by atoms with E-state index in [2.05, 4.69) is 20.6 Å². The van der Waals surface area contributed by atoms with Crippen LogP contribution in [-0.4, -0.2) is 28.8 Å². The second-order valence-electron chi connectivity index (χ2n) is 6.72. The maximum Gasteiger partial charge on any atom is 0.274 e. The minimum Gasteiger partial charge on any atom is -0.355 e. The van der Waals surface area contributed by atoms with E-state index in [1.165, 1.54) is 6.92 Å². The van der Waals surface area contributed by atoms with E-state index >= 15 is 0 Å². The van der Waals surface area contributed by atoms with Crippen LogP contribution < -0.4 is 15.5 Å². The van der Waals surface area contributed by atoms with E-state index in [0.717, 1.165) is 5.56 Å². The monoisotopic (exact) mass is 389 g/mol. The van der Waals surface area contributed by atoms with Crippen LogP contribution >= 0.6 is 0 Å². The van der Waals surface area contributed by atoms with E-state index in [-0.39, 0.29) is 17.5 Å². The van der Waals surface area contributed by atoms with Crippen molar-refractivity contribution in [2.45, 2.75) is 20.4 Å². The summed E-state index contributed by atoms with van der Waals surface area (Å²) >= 11 is 0. The van der Waals surface area contributed by atoms with Crippen LogP contribution in [0.1, 0.15) is 28.8 Å². The first-order valence-corrected chi connectivity index (χ1v) is 9.20. The lowest BCUT2D eigenvalue weighted by atomic mass is 10.2. The molecule has 7 heteroatoms. The minimum atomic E-state index is -0.343. The van der Waals surface area contributed by atoms with Crippen LogP contribution in [-0.2, 0) is 11.3 Å². The fraction of sp³-hybridized carbons (Fsp3) is 0.182. The molecule has 0 unspecified atom stereocenters. The van der Waals surface area contributed by atoms with Gasteiger partial charge in [-0.25, -0.2) is 9.97 Å². The third kappa shape index (κ3) is 5.62. The first-order valence-electron chi connectivity index (χ1n) is 9.20. The fourth-order valence-electron chi connectivity index (χ4n) is 2.88. The van der Waals surface area contributed by atoms with E-state index in [0.29, 0.717) is 29.6 Å². The summed E-state index contributed by atoms with van der Waals surface area (Å²) in [4.78, 5) is 34.6. The maximum absolute atomic E-state index is 12.7. The summed E-state index contributed by atoms with van der Waals surface area (Å²) in [7, 11) is 1.92. The summed E-state index contributed by atoms with van der Waals surface area (Å²) in [5.74, 6) is 0.661. The first kappa shape index (κ1) is 20.0. The predicted molar refractivity (Wildman–Crippen MR) is 114 cm³/mol. The highest BCUT2D eigenvalue weighted by molar-refractivity contribution is 6.03. The van der Waals surface area contributed by atoms with E-state index < -0.39 is 0 Å². The number of nitrogens with one attached hydrogen (secondary N) is 2. The molecule has 0 saturated heterocycles. The fourth-order valence-corrected chi connectivity index (χ4v) is 2.88. The summed E-state index contributed by atoms with van der Waals surface area (Å²) in [5.41, 5.74) is 2.60. The predicted octanol–water partition coefficient (Wildman–Crippen LogP) is 3.63. The van der Waals surface area contributed by atoms with Crippen molar-refractivity contribution in [2.24, 2.45) is 0 Å². The van der Waals surface area contributed by atoms with Gasteiger partial charge in [0, 0.05) is 38.0 Å². The smallest absolute Gasteiger partial charge is 0.274 e. The molecular weight excluding hydrogens is 366 g/mol. The standard InChI is InChI=1S/C22H23N5O2/c1-15-23-20(13-21(24-15)27(3)14-17-8-5-4-6-9-17)22(29)26-19-11-7-10-18(12-19)25-16(2)28/h4-13H,14H2,1-3H3,(H,25,28)(H,26,29). The van der Waals surface area contributed by atoms with Crippen LogP contribution in [0.3, 0.4) is 0 Å². The highest BCUT2D eigenvalue weighted by Gasteiger charge is 2.14. The van der Waals surface area contributed by atoms with Gasteiger partial charge in [0.15, 0.2) is 0 Å². The number of amides is 2. The molecule has 1 aromatic heterocycles. The zero-order chi connectivity index (χ0) is 20.8. The summed E-state index contributed by atoms with van der Waals surface area (Å²) in [6.45, 7) is 3.85. The Hall–Kier alpha value is -3.74. The highest BCUT2D eigenvalue weighted by Crippen LogP contribution is 2.18. The van der Waals surface area contributed by atoms with Gasteiger partial charge in [0.05, 0.1) is 0 Å². The Bertz CT molecular complexity index is 1020. The van der Waals surface area contributed by atoms with E-state index in [4.69, 9.17) is 0 Å². The Kier molecular flexibility index (Phi) is 6.19. The van der Waals surface area contributed by atoms with Crippen LogP contribution in [0.4, 0.5) is 17.2 Å². The van der Waals surface area contributed by atoms with Crippen molar-refractivity contribution in [3.05, 3.63) is 77.7 Å². The molecule has 2 aromatic carbocycles. The van der Waals surface area contributed by atoms with Gasteiger partial charge in [0.2, 0.25) is 5.91 Å². The molecule has 0 aliphatic rings. The Morgan fingerprint density at radius 2 is 1.62 bits per heavy atom. The van der Waals surface area contributed by atoms with Crippen molar-refractivity contribution in [1.82, 2.24) is 9.97 Å². The van der Waals surface area contributed by atoms with Gasteiger partial charge in [0.25, 0.3) is 5.91 Å². The normalized spacial score (nSPS) is 10.3. The second-order valence-corrected chi connectivity index (χ2v) is 6.72. The van der Waals surface area contributed by atoms with Gasteiger partial charge in [0.1, 0.15) is 17.3 Å². The lowest BCUT2D eigenvalue weighted by molar-refractivity contribution is -0.114. The molecule has 2 N–H and O–H groups in total. The van der Waals surface area contributed by atoms with Crippen LogP contribution in [0.15, 0.2) is 60.7 Å². The molecule has 0 bridgehead atoms. The van der Waals surface area contributed by atoms with Crippen LogP contribution in [0.2, 0.25) is 0 Å². The molecule has 0 radical (unpaired) electrons. The van der Waals surface area contributed by atoms with Crippen LogP contribution in [0.25, 0.3) is 0 Å². The number of aromatic nitrogens is 2. The Labute approximate surface area is 169 Å². The largest absolute Gasteiger partial charge is 0.355 e. The van der Waals surface area contributed by atoms with Gasteiger partial charge in [-0.05, 0) is 30.7 Å². The van der Waals surface area contributed by atoms with Gasteiger partial charge < -0.3 is 15.5 Å². The third-order valence-electron chi connectivity index (χ3n) is 4.15. The van der Waals surface area contributed by atoms with Crippen LogP contribution in [0.5, 0.6) is 0 Å². The molecule has 0 saturated carbocycles. The average Bonchev–Trinajstić information content (AvgIpc) is 2.68. The number of rotatable bonds is 6. The van der Waals surface area contributed by atoms with Crippen molar-refractivity contribution < 1.29 is 9.59 Å². The number of hydrogen-bond donors (Lipinski definition) is 2. The third-order valence-corrected chi connectivity index (χ3v) is 4.15. The molecule has 1 heterocycles. The molecule has 0 atom stereocenters. The number of carbonyl (C=O) groups is 2. The Morgan fingerprint density at radius 3 is 2.31 bits per heavy atom. The van der Waals surface area contributed by atoms with Crippen LogP contribution in [0, 0.1) is 6.92 Å². The van der Waals surface area contributed by atoms with Crippen molar-refractivity contribution in [3.8, 4) is 0 Å². The number of aryl methyl sites for hydroxylation is 1. The quantitative estimate of drug-likeness (QED) is 0.672. The molecule has 0 aliphatic carbocycles. The maximum atomic E-state index is 12.7. The summed E-state index contributed by atoms with van der Waals surface area (Å²) < 4.78 is 0. The number of anilines is 3. The molecule has 2 amide bonds. The average molecular weight is 389 g/mol. The lowest BCUT2D eigenvalue weighted by Gasteiger charge is -2.19. The number of benzene rings is 2. The van der Waals surface area contributed by atoms with Crippen molar-refractivity contribution in [3.63, 3.8) is 0 Å². The Balaban J connectivity index is 1.76. The number of carbonyl (C=O) groups excluding carboxylic acids is 2. The molecule has 148 valence electrons. The summed E-state index contributed by atoms with van der Waals surface area (Å²) in [5, 5.41) is 5.51. The Morgan fingerprint density at radius 1 is 0.931 bits per heavy atom. The van der Waals surface area contributed by atoms with Gasteiger partial charge in [-0.1, -0.05) is 36.4 Å². The minimum absolute atomic E-state index is 0.175. The number of hydrogen-bond acceptors (Lipinski definition) is 5. The number of nitrogens with zero attached hydrogens (tertiary/aromatic N) is 3. The molecule has 0 spiro atoms. The highest BCUT2D eigenvalue weighted by atomic mass is 16.2.